The molecule has 4 heterocycles. The Morgan fingerprint density at radius 2 is 2.02 bits per heavy atom. The van der Waals surface area contributed by atoms with Gasteiger partial charge in [0.1, 0.15) is 12.3 Å². The smallest absolute Gasteiger partial charge is 0.387 e. The lowest BCUT2D eigenvalue weighted by atomic mass is 10.0. The zero-order valence-corrected chi connectivity index (χ0v) is 26.3. The average Bonchev–Trinajstić information content (AvgIpc) is 3.64. The maximum atomic E-state index is 13.4. The van der Waals surface area contributed by atoms with Crippen molar-refractivity contribution in [2.24, 2.45) is 4.99 Å². The third-order valence-electron chi connectivity index (χ3n) is 8.09. The predicted molar refractivity (Wildman–Crippen MR) is 165 cm³/mol. The Bertz CT molecular complexity index is 1450. The largest absolute Gasteiger partial charge is 0.466 e. The number of ether oxygens (including phenoxy) is 2. The Balaban J connectivity index is 1.27. The third-order valence-corrected chi connectivity index (χ3v) is 8.33. The Labute approximate surface area is 270 Å². The van der Waals surface area contributed by atoms with E-state index in [0.29, 0.717) is 49.8 Å². The highest BCUT2D eigenvalue weighted by Crippen LogP contribution is 2.36. The van der Waals surface area contributed by atoms with E-state index in [1.807, 2.05) is 7.05 Å². The summed E-state index contributed by atoms with van der Waals surface area (Å²) in [6.45, 7) is 0.828. The molecule has 3 N–H and O–H groups in total. The maximum absolute atomic E-state index is 13.4. The number of rotatable bonds is 12. The number of nitrogens with zero attached hydrogens (tertiary/aromatic N) is 5. The summed E-state index contributed by atoms with van der Waals surface area (Å²) in [7, 11) is 1.96. The second-order valence-electron chi connectivity index (χ2n) is 11.1. The molecule has 0 aliphatic carbocycles. The van der Waals surface area contributed by atoms with Crippen LogP contribution in [-0.2, 0) is 19.1 Å². The van der Waals surface area contributed by atoms with Gasteiger partial charge in [-0.1, -0.05) is 11.6 Å². The summed E-state index contributed by atoms with van der Waals surface area (Å²) < 4.78 is 36.4. The van der Waals surface area contributed by atoms with Crippen LogP contribution >= 0.6 is 11.6 Å². The van der Waals surface area contributed by atoms with Gasteiger partial charge in [0.25, 0.3) is 5.91 Å². The lowest BCUT2D eigenvalue weighted by molar-refractivity contribution is -0.143. The number of esters is 1. The van der Waals surface area contributed by atoms with Crippen molar-refractivity contribution in [1.29, 1.82) is 0 Å². The van der Waals surface area contributed by atoms with Crippen molar-refractivity contribution in [3.63, 3.8) is 0 Å². The number of aliphatic imine (C=N–C) groups is 1. The van der Waals surface area contributed by atoms with Crippen LogP contribution in [0, 0.1) is 0 Å². The number of amides is 2. The Morgan fingerprint density at radius 3 is 2.76 bits per heavy atom. The van der Waals surface area contributed by atoms with Crippen LogP contribution in [0.15, 0.2) is 58.8 Å². The topological polar surface area (TPSA) is 131 Å². The van der Waals surface area contributed by atoms with Crippen LogP contribution in [0.1, 0.15) is 37.8 Å². The number of piperidine rings is 1. The maximum Gasteiger partial charge on any atom is 0.387 e. The molecule has 0 aromatic heterocycles. The minimum absolute atomic E-state index is 0.0802. The number of alkyl halides is 2. The molecular weight excluding hydrogens is 626 g/mol. The van der Waals surface area contributed by atoms with Crippen LogP contribution in [0.2, 0.25) is 5.02 Å². The van der Waals surface area contributed by atoms with Crippen LogP contribution in [0.5, 0.6) is 5.75 Å². The Morgan fingerprint density at radius 1 is 1.24 bits per heavy atom. The number of carbonyl (C=O) groups excluding carboxylic acids is 3. The number of carbonyl (C=O) groups is 3. The highest BCUT2D eigenvalue weighted by molar-refractivity contribution is 6.30. The van der Waals surface area contributed by atoms with Crippen LogP contribution in [0.4, 0.5) is 8.78 Å². The van der Waals surface area contributed by atoms with Gasteiger partial charge in [0.15, 0.2) is 5.82 Å². The highest BCUT2D eigenvalue weighted by atomic mass is 35.5. The minimum atomic E-state index is -3.09. The predicted octanol–water partition coefficient (Wildman–Crippen LogP) is 2.27. The molecule has 5 rings (SSSR count). The highest BCUT2D eigenvalue weighted by Gasteiger charge is 2.35. The van der Waals surface area contributed by atoms with E-state index < -0.39 is 18.6 Å². The molecule has 46 heavy (non-hydrogen) atoms. The van der Waals surface area contributed by atoms with Gasteiger partial charge in [-0.05, 0) is 51.1 Å². The van der Waals surface area contributed by atoms with E-state index in [-0.39, 0.29) is 47.3 Å². The molecule has 1 fully saturated rings. The van der Waals surface area contributed by atoms with Crippen molar-refractivity contribution >= 4 is 35.6 Å². The second kappa shape index (κ2) is 15.0. The first-order valence-corrected chi connectivity index (χ1v) is 15.4. The number of hydrogen-bond acceptors (Lipinski definition) is 11. The van der Waals surface area contributed by atoms with Gasteiger partial charge in [-0.25, -0.2) is 15.8 Å². The van der Waals surface area contributed by atoms with Gasteiger partial charge in [0.2, 0.25) is 5.91 Å². The Kier molecular flexibility index (Phi) is 10.9. The van der Waals surface area contributed by atoms with E-state index >= 15 is 0 Å². The summed E-state index contributed by atoms with van der Waals surface area (Å²) in [6, 6.07) is 3.60. The quantitative estimate of drug-likeness (QED) is 0.287. The van der Waals surface area contributed by atoms with E-state index in [0.717, 1.165) is 12.8 Å². The van der Waals surface area contributed by atoms with Crippen molar-refractivity contribution in [2.75, 3.05) is 46.4 Å². The van der Waals surface area contributed by atoms with Gasteiger partial charge in [0.05, 0.1) is 30.3 Å². The number of hydrogen-bond donors (Lipinski definition) is 3. The van der Waals surface area contributed by atoms with Crippen molar-refractivity contribution in [2.45, 2.75) is 44.9 Å². The minimum Gasteiger partial charge on any atom is -0.466 e. The standard InChI is InChI=1S/C30H37ClF2N8O5/c1-3-45-26(43)9-12-38(2)20-7-13-39(14-8-20)25(42)18-40-17-23(36-29(44)22-16-35-41-11-4-10-34-28(22)41)27(37-40)21-15-19(31)5-6-24(21)46-30(32)33/h4-6,10-11,15,17,20,27,30,35,37H,3,7-9,12-14,16,18H2,1-2H3,(H,36,44). The normalized spacial score (nSPS) is 19.7. The number of halogens is 3. The summed E-state index contributed by atoms with van der Waals surface area (Å²) in [5.74, 6) is -0.517. The summed E-state index contributed by atoms with van der Waals surface area (Å²) in [6.07, 6.45) is 8.40. The fourth-order valence-electron chi connectivity index (χ4n) is 5.73. The first-order valence-electron chi connectivity index (χ1n) is 15.0. The van der Waals surface area contributed by atoms with Gasteiger partial charge in [-0.3, -0.25) is 19.4 Å². The Hall–Kier alpha value is -4.05. The molecule has 0 radical (unpaired) electrons. The molecule has 2 amide bonds. The lowest BCUT2D eigenvalue weighted by Crippen LogP contribution is -2.49. The molecule has 16 heteroatoms. The molecular formula is C30H37ClF2N8O5. The van der Waals surface area contributed by atoms with Crippen molar-refractivity contribution < 1.29 is 32.6 Å². The van der Waals surface area contributed by atoms with Crippen molar-refractivity contribution in [3.8, 4) is 5.75 Å². The molecule has 1 unspecified atom stereocenters. The van der Waals surface area contributed by atoms with Crippen LogP contribution < -0.4 is 20.9 Å². The van der Waals surface area contributed by atoms with Crippen molar-refractivity contribution in [1.82, 2.24) is 36.0 Å². The molecule has 1 atom stereocenters. The number of hydrazine groups is 2. The number of benzene rings is 1. The number of allylic oxidation sites excluding steroid dienone is 1. The molecule has 1 aromatic rings. The molecule has 4 aliphatic rings. The summed E-state index contributed by atoms with van der Waals surface area (Å²) >= 11 is 6.25. The SMILES string of the molecule is CCOC(=O)CCN(C)C1CCN(C(=O)CN2C=C(NC(=O)C3=C4N=CC=CN4NC3)C(c3cc(Cl)ccc3OC(F)F)N2)CC1. The monoisotopic (exact) mass is 662 g/mol. The molecule has 0 bridgehead atoms. The van der Waals surface area contributed by atoms with Gasteiger partial charge in [0, 0.05) is 61.4 Å². The summed E-state index contributed by atoms with van der Waals surface area (Å²) in [5.41, 5.74) is 7.13. The van der Waals surface area contributed by atoms with E-state index in [1.54, 1.807) is 41.5 Å². The van der Waals surface area contributed by atoms with Crippen LogP contribution in [-0.4, -0.2) is 103 Å². The molecule has 248 valence electrons. The van der Waals surface area contributed by atoms with Gasteiger partial charge in [-0.2, -0.15) is 8.78 Å². The number of nitrogens with one attached hydrogen (secondary N) is 3. The summed E-state index contributed by atoms with van der Waals surface area (Å²) in [5, 5.41) is 6.30. The second-order valence-corrected chi connectivity index (χ2v) is 11.5. The molecule has 1 aromatic carbocycles. The zero-order valence-electron chi connectivity index (χ0n) is 25.5. The third kappa shape index (κ3) is 8.02. The van der Waals surface area contributed by atoms with Crippen LogP contribution in [0.25, 0.3) is 0 Å². The first-order chi connectivity index (χ1) is 22.1. The molecule has 13 nitrogen and oxygen atoms in total. The average molecular weight is 663 g/mol. The molecule has 0 spiro atoms. The van der Waals surface area contributed by atoms with Gasteiger partial charge < -0.3 is 29.6 Å². The molecule has 0 saturated carbocycles. The van der Waals surface area contributed by atoms with E-state index in [4.69, 9.17) is 21.1 Å². The number of fused-ring (bicyclic) bond motifs is 1. The summed E-state index contributed by atoms with van der Waals surface area (Å²) in [4.78, 5) is 46.7. The lowest BCUT2D eigenvalue weighted by Gasteiger charge is -2.37. The number of likely N-dealkylation sites (tertiary alicyclic amines) is 1. The fourth-order valence-corrected chi connectivity index (χ4v) is 5.92. The van der Waals surface area contributed by atoms with E-state index in [2.05, 4.69) is 26.1 Å². The van der Waals surface area contributed by atoms with Crippen molar-refractivity contribution in [3.05, 3.63) is 64.4 Å². The van der Waals surface area contributed by atoms with Gasteiger partial charge >= 0.3 is 12.6 Å². The van der Waals surface area contributed by atoms with E-state index in [9.17, 15) is 23.2 Å². The zero-order chi connectivity index (χ0) is 32.8. The molecule has 4 aliphatic heterocycles. The van der Waals surface area contributed by atoms with Gasteiger partial charge in [-0.15, -0.1) is 0 Å². The first kappa shape index (κ1) is 33.3. The molecule has 1 saturated heterocycles. The van der Waals surface area contributed by atoms with Crippen LogP contribution in [0.3, 0.4) is 0 Å². The van der Waals surface area contributed by atoms with E-state index in [1.165, 1.54) is 23.2 Å². The fraction of sp³-hybridized carbons (Fsp3) is 0.467.